The van der Waals surface area contributed by atoms with E-state index in [1.807, 2.05) is 0 Å². The molecule has 0 aliphatic carbocycles. The second-order valence-corrected chi connectivity index (χ2v) is 6.68. The third kappa shape index (κ3) is 6.02. The lowest BCUT2D eigenvalue weighted by atomic mass is 10.1. The van der Waals surface area contributed by atoms with E-state index < -0.39 is 18.0 Å². The maximum atomic E-state index is 12.9. The van der Waals surface area contributed by atoms with E-state index in [0.717, 1.165) is 0 Å². The summed E-state index contributed by atoms with van der Waals surface area (Å²) in [5, 5.41) is 2.61. The number of Topliss-reactive ketones (excluding diaryl/α,β-unsaturated/α-hetero) is 1. The number of furan rings is 1. The van der Waals surface area contributed by atoms with Crippen molar-refractivity contribution in [1.82, 2.24) is 0 Å². The highest BCUT2D eigenvalue weighted by Crippen LogP contribution is 2.16. The van der Waals surface area contributed by atoms with Gasteiger partial charge in [-0.3, -0.25) is 9.59 Å². The summed E-state index contributed by atoms with van der Waals surface area (Å²) in [5.41, 5.74) is 0.991. The molecule has 0 aliphatic rings. The van der Waals surface area contributed by atoms with Crippen LogP contribution in [0.4, 0.5) is 10.1 Å². The number of amides is 1. The van der Waals surface area contributed by atoms with Gasteiger partial charge in [0.15, 0.2) is 11.9 Å². The number of anilines is 1. The normalized spacial score (nSPS) is 11.5. The van der Waals surface area contributed by atoms with Crippen molar-refractivity contribution < 1.29 is 32.7 Å². The Bertz CT molecular complexity index is 1070. The summed E-state index contributed by atoms with van der Waals surface area (Å²) in [5.74, 6) is -1.06. The summed E-state index contributed by atoms with van der Waals surface area (Å²) in [6.07, 6.45) is -1.08. The molecular weight excluding hydrogens is 405 g/mol. The van der Waals surface area contributed by atoms with Crippen LogP contribution in [-0.4, -0.2) is 23.8 Å². The van der Waals surface area contributed by atoms with Gasteiger partial charge in [0.1, 0.15) is 23.9 Å². The Balaban J connectivity index is 1.51. The van der Waals surface area contributed by atoms with Gasteiger partial charge in [-0.1, -0.05) is 0 Å². The van der Waals surface area contributed by atoms with Gasteiger partial charge in [0, 0.05) is 11.3 Å². The van der Waals surface area contributed by atoms with Crippen molar-refractivity contribution in [2.45, 2.75) is 26.6 Å². The molecule has 1 atom stereocenters. The second kappa shape index (κ2) is 9.71. The van der Waals surface area contributed by atoms with Crippen molar-refractivity contribution in [2.24, 2.45) is 0 Å². The molecule has 0 saturated carbocycles. The molecule has 0 aliphatic heterocycles. The molecule has 1 N–H and O–H groups in total. The third-order valence-corrected chi connectivity index (χ3v) is 4.27. The standard InChI is InChI=1S/C23H20FNO6/c1-14(26)16-3-7-18(8-4-16)25-22(27)15(2)30-23(28)21-12-11-20(31-21)13-29-19-9-5-17(24)6-10-19/h3-12,15H,13H2,1-2H3,(H,25,27). The number of rotatable bonds is 8. The predicted molar refractivity (Wildman–Crippen MR) is 109 cm³/mol. The summed E-state index contributed by atoms with van der Waals surface area (Å²) in [6.45, 7) is 2.91. The minimum absolute atomic E-state index is 0.0329. The van der Waals surface area contributed by atoms with E-state index in [1.54, 1.807) is 30.3 Å². The van der Waals surface area contributed by atoms with Gasteiger partial charge in [-0.25, -0.2) is 9.18 Å². The Morgan fingerprint density at radius 1 is 1.00 bits per heavy atom. The molecule has 8 heteroatoms. The molecular formula is C23H20FNO6. The van der Waals surface area contributed by atoms with Crippen molar-refractivity contribution in [1.29, 1.82) is 0 Å². The molecule has 0 radical (unpaired) electrons. The van der Waals surface area contributed by atoms with Crippen LogP contribution in [0.1, 0.15) is 40.5 Å². The van der Waals surface area contributed by atoms with Gasteiger partial charge < -0.3 is 19.2 Å². The first-order valence-corrected chi connectivity index (χ1v) is 9.42. The van der Waals surface area contributed by atoms with Crippen LogP contribution in [0.15, 0.2) is 65.1 Å². The number of esters is 1. The van der Waals surface area contributed by atoms with Crippen molar-refractivity contribution in [2.75, 3.05) is 5.32 Å². The van der Waals surface area contributed by atoms with E-state index in [2.05, 4.69) is 5.32 Å². The lowest BCUT2D eigenvalue weighted by Gasteiger charge is -2.13. The fourth-order valence-corrected chi connectivity index (χ4v) is 2.55. The fourth-order valence-electron chi connectivity index (χ4n) is 2.55. The van der Waals surface area contributed by atoms with Gasteiger partial charge in [-0.15, -0.1) is 0 Å². The Morgan fingerprint density at radius 2 is 1.68 bits per heavy atom. The largest absolute Gasteiger partial charge is 0.486 e. The number of carbonyl (C=O) groups excluding carboxylic acids is 3. The van der Waals surface area contributed by atoms with Crippen molar-refractivity contribution in [3.05, 3.63) is 83.6 Å². The van der Waals surface area contributed by atoms with Crippen LogP contribution in [-0.2, 0) is 16.1 Å². The van der Waals surface area contributed by atoms with E-state index in [1.165, 1.54) is 44.2 Å². The number of hydrogen-bond donors (Lipinski definition) is 1. The molecule has 3 rings (SSSR count). The van der Waals surface area contributed by atoms with Crippen LogP contribution in [0, 0.1) is 5.82 Å². The summed E-state index contributed by atoms with van der Waals surface area (Å²) < 4.78 is 28.9. The molecule has 1 heterocycles. The van der Waals surface area contributed by atoms with Crippen molar-refractivity contribution >= 4 is 23.3 Å². The quantitative estimate of drug-likeness (QED) is 0.425. The molecule has 1 aromatic heterocycles. The summed E-state index contributed by atoms with van der Waals surface area (Å²) in [6, 6.07) is 14.8. The number of carbonyl (C=O) groups is 3. The monoisotopic (exact) mass is 425 g/mol. The van der Waals surface area contributed by atoms with E-state index in [-0.39, 0.29) is 24.0 Å². The third-order valence-electron chi connectivity index (χ3n) is 4.27. The maximum Gasteiger partial charge on any atom is 0.375 e. The molecule has 1 amide bonds. The van der Waals surface area contributed by atoms with Crippen LogP contribution in [0.5, 0.6) is 5.75 Å². The Morgan fingerprint density at radius 3 is 2.32 bits per heavy atom. The summed E-state index contributed by atoms with van der Waals surface area (Å²) >= 11 is 0. The highest BCUT2D eigenvalue weighted by Gasteiger charge is 2.21. The maximum absolute atomic E-state index is 12.9. The number of hydrogen-bond acceptors (Lipinski definition) is 6. The smallest absolute Gasteiger partial charge is 0.375 e. The number of benzene rings is 2. The first-order valence-electron chi connectivity index (χ1n) is 9.42. The van der Waals surface area contributed by atoms with Crippen LogP contribution in [0.2, 0.25) is 0 Å². The number of halogens is 1. The predicted octanol–water partition coefficient (Wildman–Crippen LogP) is 4.38. The summed E-state index contributed by atoms with van der Waals surface area (Å²) in [7, 11) is 0. The molecule has 0 fully saturated rings. The molecule has 0 saturated heterocycles. The zero-order valence-corrected chi connectivity index (χ0v) is 16.9. The van der Waals surface area contributed by atoms with Gasteiger partial charge in [-0.05, 0) is 74.5 Å². The second-order valence-electron chi connectivity index (χ2n) is 6.68. The molecule has 160 valence electrons. The first kappa shape index (κ1) is 21.8. The van der Waals surface area contributed by atoms with Crippen LogP contribution >= 0.6 is 0 Å². The van der Waals surface area contributed by atoms with Crippen molar-refractivity contribution in [3.63, 3.8) is 0 Å². The van der Waals surface area contributed by atoms with Gasteiger partial charge >= 0.3 is 5.97 Å². The highest BCUT2D eigenvalue weighted by molar-refractivity contribution is 5.98. The van der Waals surface area contributed by atoms with Gasteiger partial charge in [0.2, 0.25) is 5.76 Å². The Kier molecular flexibility index (Phi) is 6.81. The van der Waals surface area contributed by atoms with Gasteiger partial charge in [0.25, 0.3) is 5.91 Å². The lowest BCUT2D eigenvalue weighted by molar-refractivity contribution is -0.123. The number of ether oxygens (including phenoxy) is 2. The lowest BCUT2D eigenvalue weighted by Crippen LogP contribution is -2.29. The summed E-state index contributed by atoms with van der Waals surface area (Å²) in [4.78, 5) is 35.8. The number of nitrogens with one attached hydrogen (secondary N) is 1. The van der Waals surface area contributed by atoms with E-state index >= 15 is 0 Å². The van der Waals surface area contributed by atoms with E-state index in [9.17, 15) is 18.8 Å². The Hall–Kier alpha value is -3.94. The minimum atomic E-state index is -1.08. The molecule has 7 nitrogen and oxygen atoms in total. The van der Waals surface area contributed by atoms with Crippen LogP contribution in [0.3, 0.4) is 0 Å². The van der Waals surface area contributed by atoms with Gasteiger partial charge in [-0.2, -0.15) is 0 Å². The number of ketones is 1. The van der Waals surface area contributed by atoms with Gasteiger partial charge in [0.05, 0.1) is 0 Å². The van der Waals surface area contributed by atoms with Crippen LogP contribution in [0.25, 0.3) is 0 Å². The molecule has 3 aromatic rings. The molecule has 1 unspecified atom stereocenters. The average molecular weight is 425 g/mol. The zero-order chi connectivity index (χ0) is 22.4. The first-order chi connectivity index (χ1) is 14.8. The molecule has 2 aromatic carbocycles. The molecule has 0 bridgehead atoms. The zero-order valence-electron chi connectivity index (χ0n) is 16.9. The Labute approximate surface area is 177 Å². The topological polar surface area (TPSA) is 94.8 Å². The highest BCUT2D eigenvalue weighted by atomic mass is 19.1. The fraction of sp³-hybridized carbons (Fsp3) is 0.174. The van der Waals surface area contributed by atoms with Crippen molar-refractivity contribution in [3.8, 4) is 5.75 Å². The molecule has 0 spiro atoms. The van der Waals surface area contributed by atoms with E-state index in [0.29, 0.717) is 22.8 Å². The molecule has 31 heavy (non-hydrogen) atoms. The minimum Gasteiger partial charge on any atom is -0.486 e. The van der Waals surface area contributed by atoms with E-state index in [4.69, 9.17) is 13.9 Å². The average Bonchev–Trinajstić information content (AvgIpc) is 3.23. The van der Waals surface area contributed by atoms with Crippen LogP contribution < -0.4 is 10.1 Å². The SMILES string of the molecule is CC(=O)c1ccc(NC(=O)C(C)OC(=O)c2ccc(COc3ccc(F)cc3)o2)cc1.